The molecule has 0 spiro atoms. The Hall–Kier alpha value is -0.670. The Morgan fingerprint density at radius 2 is 2.00 bits per heavy atom. The van der Waals surface area contributed by atoms with Gasteiger partial charge in [-0.2, -0.15) is 11.8 Å². The van der Waals surface area contributed by atoms with Crippen molar-refractivity contribution in [2.24, 2.45) is 0 Å². The quantitative estimate of drug-likeness (QED) is 0.757. The summed E-state index contributed by atoms with van der Waals surface area (Å²) in [5, 5.41) is 0.639. The van der Waals surface area contributed by atoms with Crippen molar-refractivity contribution in [1.29, 1.82) is 0 Å². The molecule has 0 saturated carbocycles. The first-order valence-electron chi connectivity index (χ1n) is 5.51. The van der Waals surface area contributed by atoms with Gasteiger partial charge in [0.1, 0.15) is 5.75 Å². The van der Waals surface area contributed by atoms with E-state index < -0.39 is 0 Å². The molecule has 1 aromatic rings. The van der Waals surface area contributed by atoms with Crippen molar-refractivity contribution in [3.63, 3.8) is 0 Å². The second-order valence-electron chi connectivity index (χ2n) is 4.20. The van der Waals surface area contributed by atoms with Crippen LogP contribution in [0.15, 0.2) is 24.3 Å². The number of para-hydroxylation sites is 1. The molecular formula is C13H21NOS. The summed E-state index contributed by atoms with van der Waals surface area (Å²) >= 11 is 1.97. The van der Waals surface area contributed by atoms with Crippen LogP contribution in [0.4, 0.5) is 0 Å². The van der Waals surface area contributed by atoms with Crippen molar-refractivity contribution in [2.75, 3.05) is 27.7 Å². The number of hydrogen-bond acceptors (Lipinski definition) is 3. The molecular weight excluding hydrogens is 218 g/mol. The lowest BCUT2D eigenvalue weighted by molar-refractivity contribution is 0.410. The Bertz CT molecular complexity index is 315. The molecule has 0 aromatic heterocycles. The molecule has 0 bridgehead atoms. The number of rotatable bonds is 6. The van der Waals surface area contributed by atoms with Crippen LogP contribution in [0.3, 0.4) is 0 Å². The SMILES string of the molecule is COc1ccccc1CSC(C)CN(C)C. The lowest BCUT2D eigenvalue weighted by Gasteiger charge is -2.17. The van der Waals surface area contributed by atoms with Gasteiger partial charge in [0.15, 0.2) is 0 Å². The van der Waals surface area contributed by atoms with Crippen LogP contribution in [0.25, 0.3) is 0 Å². The zero-order chi connectivity index (χ0) is 12.0. The number of hydrogen-bond donors (Lipinski definition) is 0. The maximum Gasteiger partial charge on any atom is 0.122 e. The molecule has 2 nitrogen and oxygen atoms in total. The van der Waals surface area contributed by atoms with Gasteiger partial charge < -0.3 is 9.64 Å². The molecule has 1 rings (SSSR count). The Balaban J connectivity index is 2.47. The third-order valence-electron chi connectivity index (χ3n) is 2.34. The van der Waals surface area contributed by atoms with Gasteiger partial charge in [-0.05, 0) is 20.2 Å². The number of methoxy groups -OCH3 is 1. The van der Waals surface area contributed by atoms with E-state index >= 15 is 0 Å². The molecule has 3 heteroatoms. The number of thioether (sulfide) groups is 1. The van der Waals surface area contributed by atoms with Gasteiger partial charge in [0.2, 0.25) is 0 Å². The monoisotopic (exact) mass is 239 g/mol. The van der Waals surface area contributed by atoms with Gasteiger partial charge in [0, 0.05) is 23.1 Å². The van der Waals surface area contributed by atoms with E-state index in [2.05, 4.69) is 38.1 Å². The molecule has 0 radical (unpaired) electrons. The van der Waals surface area contributed by atoms with E-state index in [1.165, 1.54) is 5.56 Å². The topological polar surface area (TPSA) is 12.5 Å². The van der Waals surface area contributed by atoms with Crippen LogP contribution in [0.2, 0.25) is 0 Å². The molecule has 0 saturated heterocycles. The second kappa shape index (κ2) is 6.81. The highest BCUT2D eigenvalue weighted by Crippen LogP contribution is 2.25. The third-order valence-corrected chi connectivity index (χ3v) is 3.53. The Labute approximate surface area is 103 Å². The van der Waals surface area contributed by atoms with E-state index in [4.69, 9.17) is 4.74 Å². The van der Waals surface area contributed by atoms with Crippen LogP contribution in [0.5, 0.6) is 5.75 Å². The molecule has 0 fully saturated rings. The van der Waals surface area contributed by atoms with Crippen LogP contribution < -0.4 is 4.74 Å². The van der Waals surface area contributed by atoms with Crippen LogP contribution in [0.1, 0.15) is 12.5 Å². The summed E-state index contributed by atoms with van der Waals surface area (Å²) in [5.41, 5.74) is 1.28. The zero-order valence-electron chi connectivity index (χ0n) is 10.6. The smallest absolute Gasteiger partial charge is 0.122 e. The number of ether oxygens (including phenoxy) is 1. The summed E-state index contributed by atoms with van der Waals surface area (Å²) in [5.74, 6) is 2.01. The van der Waals surface area contributed by atoms with Gasteiger partial charge in [-0.25, -0.2) is 0 Å². The van der Waals surface area contributed by atoms with E-state index in [1.807, 2.05) is 23.9 Å². The van der Waals surface area contributed by atoms with Crippen molar-refractivity contribution >= 4 is 11.8 Å². The summed E-state index contributed by atoms with van der Waals surface area (Å²) in [7, 11) is 5.95. The van der Waals surface area contributed by atoms with E-state index in [0.717, 1.165) is 18.0 Å². The standard InChI is InChI=1S/C13H21NOS/c1-11(9-14(2)3)16-10-12-7-5-6-8-13(12)15-4/h5-8,11H,9-10H2,1-4H3. The molecule has 0 amide bonds. The average molecular weight is 239 g/mol. The summed E-state index contributed by atoms with van der Waals surface area (Å²) in [4.78, 5) is 2.22. The van der Waals surface area contributed by atoms with Crippen molar-refractivity contribution in [3.05, 3.63) is 29.8 Å². The normalized spacial score (nSPS) is 12.8. The van der Waals surface area contributed by atoms with E-state index in [9.17, 15) is 0 Å². The van der Waals surface area contributed by atoms with Crippen molar-refractivity contribution in [2.45, 2.75) is 17.9 Å². The average Bonchev–Trinajstić information content (AvgIpc) is 2.26. The molecule has 0 aliphatic carbocycles. The third kappa shape index (κ3) is 4.45. The first-order chi connectivity index (χ1) is 7.63. The predicted octanol–water partition coefficient (Wildman–Crippen LogP) is 2.88. The fourth-order valence-electron chi connectivity index (χ4n) is 1.62. The second-order valence-corrected chi connectivity index (χ2v) is 5.62. The number of nitrogens with zero attached hydrogens (tertiary/aromatic N) is 1. The zero-order valence-corrected chi connectivity index (χ0v) is 11.4. The summed E-state index contributed by atoms with van der Waals surface area (Å²) in [6, 6.07) is 8.23. The molecule has 0 aliphatic heterocycles. The minimum absolute atomic E-state index is 0.639. The lowest BCUT2D eigenvalue weighted by atomic mass is 10.2. The molecule has 0 aliphatic rings. The molecule has 0 N–H and O–H groups in total. The van der Waals surface area contributed by atoms with Gasteiger partial charge in [0.25, 0.3) is 0 Å². The Kier molecular flexibility index (Phi) is 5.71. The fraction of sp³-hybridized carbons (Fsp3) is 0.538. The number of benzene rings is 1. The maximum absolute atomic E-state index is 5.33. The van der Waals surface area contributed by atoms with Crippen LogP contribution in [0, 0.1) is 0 Å². The highest BCUT2D eigenvalue weighted by atomic mass is 32.2. The lowest BCUT2D eigenvalue weighted by Crippen LogP contribution is -2.21. The minimum atomic E-state index is 0.639. The molecule has 0 heterocycles. The van der Waals surface area contributed by atoms with E-state index in [0.29, 0.717) is 5.25 Å². The van der Waals surface area contributed by atoms with Crippen molar-refractivity contribution < 1.29 is 4.74 Å². The Morgan fingerprint density at radius 1 is 1.31 bits per heavy atom. The van der Waals surface area contributed by atoms with Gasteiger partial charge in [-0.3, -0.25) is 0 Å². The first-order valence-corrected chi connectivity index (χ1v) is 6.56. The summed E-state index contributed by atoms with van der Waals surface area (Å²) in [6.07, 6.45) is 0. The van der Waals surface area contributed by atoms with Crippen LogP contribution >= 0.6 is 11.8 Å². The van der Waals surface area contributed by atoms with Crippen molar-refractivity contribution in [3.8, 4) is 5.75 Å². The predicted molar refractivity (Wildman–Crippen MR) is 72.3 cm³/mol. The fourth-order valence-corrected chi connectivity index (χ4v) is 2.73. The first kappa shape index (κ1) is 13.4. The maximum atomic E-state index is 5.33. The highest BCUT2D eigenvalue weighted by Gasteiger charge is 2.07. The molecule has 1 aromatic carbocycles. The van der Waals surface area contributed by atoms with E-state index in [1.54, 1.807) is 7.11 Å². The van der Waals surface area contributed by atoms with Crippen LogP contribution in [-0.2, 0) is 5.75 Å². The molecule has 16 heavy (non-hydrogen) atoms. The van der Waals surface area contributed by atoms with Gasteiger partial charge in [0.05, 0.1) is 7.11 Å². The highest BCUT2D eigenvalue weighted by molar-refractivity contribution is 7.99. The molecule has 90 valence electrons. The van der Waals surface area contributed by atoms with Crippen LogP contribution in [-0.4, -0.2) is 37.9 Å². The summed E-state index contributed by atoms with van der Waals surface area (Å²) < 4.78 is 5.33. The summed E-state index contributed by atoms with van der Waals surface area (Å²) in [6.45, 7) is 3.37. The molecule has 1 atom stereocenters. The largest absolute Gasteiger partial charge is 0.496 e. The molecule has 1 unspecified atom stereocenters. The van der Waals surface area contributed by atoms with Gasteiger partial charge >= 0.3 is 0 Å². The van der Waals surface area contributed by atoms with E-state index in [-0.39, 0.29) is 0 Å². The Morgan fingerprint density at radius 3 is 2.62 bits per heavy atom. The van der Waals surface area contributed by atoms with Crippen molar-refractivity contribution in [1.82, 2.24) is 4.90 Å². The van der Waals surface area contributed by atoms with Gasteiger partial charge in [-0.15, -0.1) is 0 Å². The van der Waals surface area contributed by atoms with Gasteiger partial charge in [-0.1, -0.05) is 25.1 Å². The minimum Gasteiger partial charge on any atom is -0.496 e.